The standard InChI is InChI=1S/C19H33ClO2Si/c1-5-7-12-21-23(15-17(3)4,22-13-8-6-2)16-18-10-9-11-19(20)14-18/h9-11,14,17H,5-8,12-13,15-16H2,1-4H3. The van der Waals surface area contributed by atoms with Gasteiger partial charge < -0.3 is 8.85 Å². The summed E-state index contributed by atoms with van der Waals surface area (Å²) >= 11 is 6.17. The van der Waals surface area contributed by atoms with Gasteiger partial charge in [-0.15, -0.1) is 0 Å². The van der Waals surface area contributed by atoms with Crippen molar-refractivity contribution < 1.29 is 8.85 Å². The quantitative estimate of drug-likeness (QED) is 0.330. The van der Waals surface area contributed by atoms with Crippen molar-refractivity contribution >= 4 is 20.2 Å². The van der Waals surface area contributed by atoms with E-state index in [9.17, 15) is 0 Å². The summed E-state index contributed by atoms with van der Waals surface area (Å²) in [5, 5.41) is 0.789. The molecule has 0 radical (unpaired) electrons. The Morgan fingerprint density at radius 2 is 1.65 bits per heavy atom. The Bertz CT molecular complexity index is 427. The highest BCUT2D eigenvalue weighted by Crippen LogP contribution is 2.26. The van der Waals surface area contributed by atoms with E-state index in [4.69, 9.17) is 20.5 Å². The Kier molecular flexibility index (Phi) is 10.1. The highest BCUT2D eigenvalue weighted by Gasteiger charge is 2.38. The first-order valence-corrected chi connectivity index (χ1v) is 11.6. The molecule has 4 heteroatoms. The van der Waals surface area contributed by atoms with Crippen LogP contribution >= 0.6 is 11.6 Å². The molecule has 0 heterocycles. The van der Waals surface area contributed by atoms with Crippen LogP contribution in [-0.4, -0.2) is 21.8 Å². The average molecular weight is 357 g/mol. The molecule has 1 aromatic carbocycles. The lowest BCUT2D eigenvalue weighted by Crippen LogP contribution is -2.46. The first-order valence-electron chi connectivity index (χ1n) is 9.03. The lowest BCUT2D eigenvalue weighted by atomic mass is 10.2. The zero-order chi connectivity index (χ0) is 17.1. The fourth-order valence-corrected chi connectivity index (χ4v) is 6.72. The lowest BCUT2D eigenvalue weighted by molar-refractivity contribution is 0.158. The van der Waals surface area contributed by atoms with Crippen LogP contribution in [-0.2, 0) is 14.9 Å². The maximum Gasteiger partial charge on any atom is 0.342 e. The first-order chi connectivity index (χ1) is 11.0. The molecule has 0 amide bonds. The van der Waals surface area contributed by atoms with Crippen molar-refractivity contribution in [1.82, 2.24) is 0 Å². The van der Waals surface area contributed by atoms with Gasteiger partial charge in [0, 0.05) is 24.3 Å². The fourth-order valence-electron chi connectivity index (χ4n) is 2.72. The van der Waals surface area contributed by atoms with Crippen molar-refractivity contribution in [2.75, 3.05) is 13.2 Å². The lowest BCUT2D eigenvalue weighted by Gasteiger charge is -2.32. The monoisotopic (exact) mass is 356 g/mol. The second-order valence-corrected chi connectivity index (χ2v) is 10.3. The van der Waals surface area contributed by atoms with E-state index in [0.29, 0.717) is 5.92 Å². The number of hydrogen-bond donors (Lipinski definition) is 0. The summed E-state index contributed by atoms with van der Waals surface area (Å²) in [6.45, 7) is 10.5. The van der Waals surface area contributed by atoms with Crippen molar-refractivity contribution in [3.63, 3.8) is 0 Å². The van der Waals surface area contributed by atoms with Gasteiger partial charge in [-0.25, -0.2) is 0 Å². The van der Waals surface area contributed by atoms with E-state index < -0.39 is 8.56 Å². The molecule has 1 rings (SSSR count). The molecule has 0 aromatic heterocycles. The van der Waals surface area contributed by atoms with Gasteiger partial charge in [-0.3, -0.25) is 0 Å². The van der Waals surface area contributed by atoms with Gasteiger partial charge in [0.2, 0.25) is 0 Å². The van der Waals surface area contributed by atoms with Gasteiger partial charge in [-0.2, -0.15) is 0 Å². The molecule has 0 atom stereocenters. The molecular weight excluding hydrogens is 324 g/mol. The molecule has 0 aliphatic heterocycles. The van der Waals surface area contributed by atoms with E-state index in [0.717, 1.165) is 56.0 Å². The molecule has 23 heavy (non-hydrogen) atoms. The Morgan fingerprint density at radius 1 is 1.04 bits per heavy atom. The van der Waals surface area contributed by atoms with E-state index in [-0.39, 0.29) is 0 Å². The molecule has 0 aliphatic carbocycles. The molecule has 0 N–H and O–H groups in total. The largest absolute Gasteiger partial charge is 0.394 e. The van der Waals surface area contributed by atoms with Crippen LogP contribution < -0.4 is 0 Å². The SMILES string of the molecule is CCCCO[Si](Cc1cccc(Cl)c1)(CC(C)C)OCCCC. The summed E-state index contributed by atoms with van der Waals surface area (Å²) in [5.41, 5.74) is 1.23. The van der Waals surface area contributed by atoms with Crippen molar-refractivity contribution in [1.29, 1.82) is 0 Å². The molecule has 0 saturated heterocycles. The summed E-state index contributed by atoms with van der Waals surface area (Å²) in [4.78, 5) is 0. The third-order valence-corrected chi connectivity index (χ3v) is 7.89. The Labute approximate surface area is 148 Å². The van der Waals surface area contributed by atoms with E-state index in [1.807, 2.05) is 12.1 Å². The zero-order valence-electron chi connectivity index (χ0n) is 15.2. The van der Waals surface area contributed by atoms with Gasteiger partial charge in [0.15, 0.2) is 0 Å². The average Bonchev–Trinajstić information content (AvgIpc) is 2.47. The maximum absolute atomic E-state index is 6.44. The number of hydrogen-bond acceptors (Lipinski definition) is 2. The van der Waals surface area contributed by atoms with Gasteiger partial charge in [-0.05, 0) is 42.5 Å². The second kappa shape index (κ2) is 11.2. The molecule has 1 aromatic rings. The fraction of sp³-hybridized carbons (Fsp3) is 0.684. The smallest absolute Gasteiger partial charge is 0.342 e. The maximum atomic E-state index is 6.44. The second-order valence-electron chi connectivity index (χ2n) is 6.72. The molecule has 132 valence electrons. The summed E-state index contributed by atoms with van der Waals surface area (Å²) in [5.74, 6) is 0.573. The number of benzene rings is 1. The minimum Gasteiger partial charge on any atom is -0.394 e. The van der Waals surface area contributed by atoms with Crippen LogP contribution in [0.3, 0.4) is 0 Å². The van der Waals surface area contributed by atoms with Gasteiger partial charge >= 0.3 is 8.56 Å². The van der Waals surface area contributed by atoms with Gasteiger partial charge in [0.1, 0.15) is 0 Å². The summed E-state index contributed by atoms with van der Waals surface area (Å²) in [6, 6.07) is 10.1. The topological polar surface area (TPSA) is 18.5 Å². The third-order valence-electron chi connectivity index (χ3n) is 3.81. The first kappa shape index (κ1) is 20.7. The summed E-state index contributed by atoms with van der Waals surface area (Å²) in [6.07, 6.45) is 4.50. The highest BCUT2D eigenvalue weighted by atomic mass is 35.5. The van der Waals surface area contributed by atoms with Crippen LogP contribution in [0.25, 0.3) is 0 Å². The van der Waals surface area contributed by atoms with Crippen molar-refractivity contribution in [3.05, 3.63) is 34.9 Å². The van der Waals surface area contributed by atoms with Crippen LogP contribution in [0, 0.1) is 5.92 Å². The van der Waals surface area contributed by atoms with Crippen molar-refractivity contribution in [3.8, 4) is 0 Å². The molecule has 0 spiro atoms. The van der Waals surface area contributed by atoms with Crippen molar-refractivity contribution in [2.45, 2.75) is 65.5 Å². The number of halogens is 1. The molecule has 0 bridgehead atoms. The van der Waals surface area contributed by atoms with E-state index in [1.54, 1.807) is 0 Å². The van der Waals surface area contributed by atoms with Gasteiger partial charge in [-0.1, -0.05) is 64.3 Å². The Hall–Kier alpha value is -0.353. The highest BCUT2D eigenvalue weighted by molar-refractivity contribution is 6.67. The summed E-state index contributed by atoms with van der Waals surface area (Å²) < 4.78 is 12.9. The predicted molar refractivity (Wildman–Crippen MR) is 102 cm³/mol. The molecule has 0 unspecified atom stereocenters. The summed E-state index contributed by atoms with van der Waals surface area (Å²) in [7, 11) is -2.26. The molecular formula is C19H33ClO2Si. The molecule has 0 fully saturated rings. The zero-order valence-corrected chi connectivity index (χ0v) is 17.0. The van der Waals surface area contributed by atoms with Crippen LogP contribution in [0.2, 0.25) is 11.1 Å². The van der Waals surface area contributed by atoms with E-state index in [2.05, 4.69) is 39.8 Å². The van der Waals surface area contributed by atoms with Gasteiger partial charge in [0.05, 0.1) is 0 Å². The minimum absolute atomic E-state index is 0.573. The van der Waals surface area contributed by atoms with Gasteiger partial charge in [0.25, 0.3) is 0 Å². The van der Waals surface area contributed by atoms with Crippen LogP contribution in [0.5, 0.6) is 0 Å². The van der Waals surface area contributed by atoms with Crippen LogP contribution in [0.15, 0.2) is 24.3 Å². The van der Waals surface area contributed by atoms with Crippen molar-refractivity contribution in [2.24, 2.45) is 5.92 Å². The molecule has 2 nitrogen and oxygen atoms in total. The predicted octanol–water partition coefficient (Wildman–Crippen LogP) is 6.15. The van der Waals surface area contributed by atoms with Crippen LogP contribution in [0.4, 0.5) is 0 Å². The molecule has 0 saturated carbocycles. The normalized spacial score (nSPS) is 12.1. The van der Waals surface area contributed by atoms with E-state index in [1.165, 1.54) is 5.56 Å². The number of rotatable bonds is 12. The minimum atomic E-state index is -2.26. The Balaban J connectivity index is 2.91. The Morgan fingerprint density at radius 3 is 2.13 bits per heavy atom. The molecule has 0 aliphatic rings. The van der Waals surface area contributed by atoms with E-state index >= 15 is 0 Å². The van der Waals surface area contributed by atoms with Crippen LogP contribution in [0.1, 0.15) is 58.9 Å². The third kappa shape index (κ3) is 8.34. The number of unbranched alkanes of at least 4 members (excludes halogenated alkanes) is 2.